The van der Waals surface area contributed by atoms with E-state index in [1.54, 1.807) is 6.07 Å². The van der Waals surface area contributed by atoms with E-state index >= 15 is 0 Å². The highest BCUT2D eigenvalue weighted by Crippen LogP contribution is 2.31. The van der Waals surface area contributed by atoms with E-state index in [9.17, 15) is 12.8 Å². The van der Waals surface area contributed by atoms with Crippen molar-refractivity contribution in [2.24, 2.45) is 0 Å². The summed E-state index contributed by atoms with van der Waals surface area (Å²) < 4.78 is 46.4. The summed E-state index contributed by atoms with van der Waals surface area (Å²) in [7, 11) is -2.44. The molecular weight excluding hydrogens is 429 g/mol. The van der Waals surface area contributed by atoms with Gasteiger partial charge in [-0.1, -0.05) is 6.07 Å². The van der Waals surface area contributed by atoms with Crippen LogP contribution in [-0.4, -0.2) is 15.5 Å². The Hall–Kier alpha value is -1.12. The summed E-state index contributed by atoms with van der Waals surface area (Å²) in [6.45, 7) is 0. The largest absolute Gasteiger partial charge is 0.496 e. The van der Waals surface area contributed by atoms with Crippen LogP contribution in [0.15, 0.2) is 50.2 Å². The highest BCUT2D eigenvalue weighted by atomic mass is 79.9. The average molecular weight is 439 g/mol. The molecule has 4 nitrogen and oxygen atoms in total. The third kappa shape index (κ3) is 3.56. The molecular formula is C13H10Br2FNO3S. The number of para-hydroxylation sites is 1. The van der Waals surface area contributed by atoms with E-state index < -0.39 is 15.8 Å². The standard InChI is InChI=1S/C13H10Br2FNO3S/c1-20-12-6-5-8(7-10(12)15)21(18,19)17-13-9(14)3-2-4-11(13)16/h2-7,17H,1H3. The van der Waals surface area contributed by atoms with Crippen molar-refractivity contribution in [2.75, 3.05) is 11.8 Å². The zero-order valence-corrected chi connectivity index (χ0v) is 14.7. The summed E-state index contributed by atoms with van der Waals surface area (Å²) >= 11 is 6.33. The number of rotatable bonds is 4. The van der Waals surface area contributed by atoms with Crippen molar-refractivity contribution in [1.82, 2.24) is 0 Å². The van der Waals surface area contributed by atoms with Gasteiger partial charge >= 0.3 is 0 Å². The van der Waals surface area contributed by atoms with Gasteiger partial charge in [-0.05, 0) is 62.2 Å². The molecule has 0 radical (unpaired) electrons. The molecule has 0 atom stereocenters. The fourth-order valence-corrected chi connectivity index (χ4v) is 3.98. The van der Waals surface area contributed by atoms with Crippen LogP contribution in [0.2, 0.25) is 0 Å². The first-order valence-electron chi connectivity index (χ1n) is 5.65. The van der Waals surface area contributed by atoms with Crippen molar-refractivity contribution in [3.05, 3.63) is 51.2 Å². The molecule has 0 fully saturated rings. The smallest absolute Gasteiger partial charge is 0.262 e. The molecule has 0 aromatic heterocycles. The third-order valence-corrected chi connectivity index (χ3v) is 5.26. The first-order chi connectivity index (χ1) is 9.85. The van der Waals surface area contributed by atoms with Gasteiger partial charge in [-0.3, -0.25) is 4.72 Å². The molecule has 0 unspecified atom stereocenters. The Morgan fingerprint density at radius 3 is 2.43 bits per heavy atom. The van der Waals surface area contributed by atoms with Crippen molar-refractivity contribution < 1.29 is 17.5 Å². The summed E-state index contributed by atoms with van der Waals surface area (Å²) in [4.78, 5) is -0.00896. The Morgan fingerprint density at radius 1 is 1.14 bits per heavy atom. The van der Waals surface area contributed by atoms with Crippen molar-refractivity contribution in [1.29, 1.82) is 0 Å². The molecule has 0 aliphatic rings. The molecule has 0 aliphatic carbocycles. The highest BCUT2D eigenvalue weighted by Gasteiger charge is 2.19. The molecule has 21 heavy (non-hydrogen) atoms. The first-order valence-corrected chi connectivity index (χ1v) is 8.72. The number of hydrogen-bond donors (Lipinski definition) is 1. The van der Waals surface area contributed by atoms with Crippen LogP contribution in [0, 0.1) is 5.82 Å². The fraction of sp³-hybridized carbons (Fsp3) is 0.0769. The van der Waals surface area contributed by atoms with Gasteiger partial charge in [0.1, 0.15) is 11.6 Å². The first kappa shape index (κ1) is 16.3. The number of nitrogens with one attached hydrogen (secondary N) is 1. The monoisotopic (exact) mass is 437 g/mol. The highest BCUT2D eigenvalue weighted by molar-refractivity contribution is 9.11. The van der Waals surface area contributed by atoms with Crippen LogP contribution in [0.3, 0.4) is 0 Å². The molecule has 0 amide bonds. The van der Waals surface area contributed by atoms with E-state index in [4.69, 9.17) is 4.74 Å². The summed E-state index contributed by atoms with van der Waals surface area (Å²) in [5.74, 6) is -0.165. The molecule has 2 aromatic rings. The van der Waals surface area contributed by atoms with Gasteiger partial charge in [0.2, 0.25) is 0 Å². The quantitative estimate of drug-likeness (QED) is 0.779. The average Bonchev–Trinajstić information content (AvgIpc) is 2.43. The summed E-state index contributed by atoms with van der Waals surface area (Å²) in [5.41, 5.74) is -0.135. The van der Waals surface area contributed by atoms with Crippen LogP contribution in [0.25, 0.3) is 0 Å². The topological polar surface area (TPSA) is 55.4 Å². The molecule has 0 bridgehead atoms. The third-order valence-electron chi connectivity index (χ3n) is 2.63. The molecule has 0 spiro atoms. The van der Waals surface area contributed by atoms with Crippen LogP contribution >= 0.6 is 31.9 Å². The zero-order chi connectivity index (χ0) is 15.6. The minimum Gasteiger partial charge on any atom is -0.496 e. The molecule has 0 saturated carbocycles. The number of halogens is 3. The maximum Gasteiger partial charge on any atom is 0.262 e. The Balaban J connectivity index is 2.41. The van der Waals surface area contributed by atoms with E-state index in [-0.39, 0.29) is 10.6 Å². The Bertz CT molecular complexity index is 761. The number of anilines is 1. The van der Waals surface area contributed by atoms with Gasteiger partial charge in [-0.2, -0.15) is 0 Å². The molecule has 0 aliphatic heterocycles. The fourth-order valence-electron chi connectivity index (χ4n) is 1.60. The zero-order valence-electron chi connectivity index (χ0n) is 10.7. The molecule has 0 heterocycles. The molecule has 0 saturated heterocycles. The summed E-state index contributed by atoms with van der Waals surface area (Å²) in [6, 6.07) is 8.46. The Labute approximate surface area is 138 Å². The normalized spacial score (nSPS) is 11.2. The van der Waals surface area contributed by atoms with Crippen molar-refractivity contribution in [3.8, 4) is 5.75 Å². The van der Waals surface area contributed by atoms with Gasteiger partial charge in [0, 0.05) is 4.47 Å². The van der Waals surface area contributed by atoms with Crippen molar-refractivity contribution in [2.45, 2.75) is 4.90 Å². The van der Waals surface area contributed by atoms with Crippen molar-refractivity contribution >= 4 is 47.6 Å². The van der Waals surface area contributed by atoms with E-state index in [1.165, 1.54) is 37.4 Å². The number of benzene rings is 2. The van der Waals surface area contributed by atoms with Gasteiger partial charge < -0.3 is 4.74 Å². The lowest BCUT2D eigenvalue weighted by Gasteiger charge is -2.11. The second-order valence-electron chi connectivity index (χ2n) is 4.00. The Morgan fingerprint density at radius 2 is 1.86 bits per heavy atom. The van der Waals surface area contributed by atoms with Crippen LogP contribution in [0.4, 0.5) is 10.1 Å². The maximum atomic E-state index is 13.7. The van der Waals surface area contributed by atoms with E-state index in [2.05, 4.69) is 36.6 Å². The van der Waals surface area contributed by atoms with Gasteiger partial charge in [0.25, 0.3) is 10.0 Å². The second kappa shape index (κ2) is 6.33. The van der Waals surface area contributed by atoms with Gasteiger partial charge in [0.05, 0.1) is 22.2 Å². The van der Waals surface area contributed by atoms with Crippen molar-refractivity contribution in [3.63, 3.8) is 0 Å². The molecule has 2 rings (SSSR count). The maximum absolute atomic E-state index is 13.7. The lowest BCUT2D eigenvalue weighted by atomic mass is 10.3. The molecule has 1 N–H and O–H groups in total. The van der Waals surface area contributed by atoms with Gasteiger partial charge in [0.15, 0.2) is 0 Å². The van der Waals surface area contributed by atoms with Crippen LogP contribution in [0.5, 0.6) is 5.75 Å². The Kier molecular flexibility index (Phi) is 4.90. The SMILES string of the molecule is COc1ccc(S(=O)(=O)Nc2c(F)cccc2Br)cc1Br. The van der Waals surface area contributed by atoms with E-state index in [0.29, 0.717) is 14.7 Å². The molecule has 112 valence electrons. The summed E-state index contributed by atoms with van der Waals surface area (Å²) in [6.07, 6.45) is 0. The predicted molar refractivity (Wildman–Crippen MR) is 85.6 cm³/mol. The minimum absolute atomic E-state index is 0.00896. The number of sulfonamides is 1. The predicted octanol–water partition coefficient (Wildman–Crippen LogP) is 4.16. The van der Waals surface area contributed by atoms with Crippen LogP contribution < -0.4 is 9.46 Å². The second-order valence-corrected chi connectivity index (χ2v) is 7.39. The van der Waals surface area contributed by atoms with Gasteiger partial charge in [-0.25, -0.2) is 12.8 Å². The van der Waals surface area contributed by atoms with Crippen LogP contribution in [0.1, 0.15) is 0 Å². The van der Waals surface area contributed by atoms with E-state index in [1.807, 2.05) is 0 Å². The lowest BCUT2D eigenvalue weighted by molar-refractivity contribution is 0.411. The number of hydrogen-bond acceptors (Lipinski definition) is 3. The van der Waals surface area contributed by atoms with E-state index in [0.717, 1.165) is 0 Å². The van der Waals surface area contributed by atoms with Crippen LogP contribution in [-0.2, 0) is 10.0 Å². The minimum atomic E-state index is -3.91. The summed E-state index contributed by atoms with van der Waals surface area (Å²) in [5, 5.41) is 0. The molecule has 2 aromatic carbocycles. The number of ether oxygens (including phenoxy) is 1. The number of methoxy groups -OCH3 is 1. The lowest BCUT2D eigenvalue weighted by Crippen LogP contribution is -2.14. The molecule has 8 heteroatoms. The van der Waals surface area contributed by atoms with Gasteiger partial charge in [-0.15, -0.1) is 0 Å².